The molecule has 19 heavy (non-hydrogen) atoms. The first-order valence-electron chi connectivity index (χ1n) is 7.15. The Morgan fingerprint density at radius 1 is 1.37 bits per heavy atom. The average molecular weight is 261 g/mol. The van der Waals surface area contributed by atoms with Crippen LogP contribution < -0.4 is 0 Å². The first-order valence-corrected chi connectivity index (χ1v) is 7.15. The second-order valence-corrected chi connectivity index (χ2v) is 5.16. The van der Waals surface area contributed by atoms with E-state index in [2.05, 4.69) is 6.92 Å². The fourth-order valence-corrected chi connectivity index (χ4v) is 2.91. The molecule has 1 amide bonds. The summed E-state index contributed by atoms with van der Waals surface area (Å²) in [6.07, 6.45) is 4.80. The number of carbonyl (C=O) groups is 1. The van der Waals surface area contributed by atoms with Crippen molar-refractivity contribution >= 4 is 5.91 Å². The molecule has 0 aromatic heterocycles. The molecule has 0 saturated heterocycles. The number of benzene rings is 1. The van der Waals surface area contributed by atoms with Gasteiger partial charge in [0, 0.05) is 25.3 Å². The Hall–Kier alpha value is -1.35. The number of hydrogen-bond acceptors (Lipinski definition) is 2. The van der Waals surface area contributed by atoms with Gasteiger partial charge in [-0.1, -0.05) is 25.0 Å². The van der Waals surface area contributed by atoms with Crippen LogP contribution >= 0.6 is 0 Å². The van der Waals surface area contributed by atoms with E-state index in [4.69, 9.17) is 4.74 Å². The van der Waals surface area contributed by atoms with Gasteiger partial charge in [0.1, 0.15) is 0 Å². The van der Waals surface area contributed by atoms with Gasteiger partial charge in [0.05, 0.1) is 6.61 Å². The zero-order chi connectivity index (χ0) is 13.7. The van der Waals surface area contributed by atoms with Crippen LogP contribution in [0.5, 0.6) is 0 Å². The number of amides is 1. The van der Waals surface area contributed by atoms with Crippen LogP contribution in [-0.2, 0) is 11.3 Å². The minimum absolute atomic E-state index is 0.160. The standard InChI is InChI=1S/C16H23NO2/c1-3-17(15-9-4-5-10-15)16(18)14-8-6-7-13(11-14)12-19-2/h6-8,11,15H,3-5,9-10,12H2,1-2H3. The lowest BCUT2D eigenvalue weighted by molar-refractivity contribution is 0.0693. The highest BCUT2D eigenvalue weighted by molar-refractivity contribution is 5.94. The van der Waals surface area contributed by atoms with E-state index < -0.39 is 0 Å². The molecule has 1 aromatic rings. The van der Waals surface area contributed by atoms with Crippen molar-refractivity contribution in [1.29, 1.82) is 0 Å². The van der Waals surface area contributed by atoms with Gasteiger partial charge < -0.3 is 9.64 Å². The third-order valence-corrected chi connectivity index (χ3v) is 3.85. The van der Waals surface area contributed by atoms with Crippen molar-refractivity contribution in [2.24, 2.45) is 0 Å². The number of hydrogen-bond donors (Lipinski definition) is 0. The number of nitrogens with zero attached hydrogens (tertiary/aromatic N) is 1. The van der Waals surface area contributed by atoms with Crippen LogP contribution in [0.3, 0.4) is 0 Å². The molecular weight excluding hydrogens is 238 g/mol. The van der Waals surface area contributed by atoms with Crippen molar-refractivity contribution in [2.45, 2.75) is 45.3 Å². The quantitative estimate of drug-likeness (QED) is 0.814. The first-order chi connectivity index (χ1) is 9.26. The summed E-state index contributed by atoms with van der Waals surface area (Å²) in [7, 11) is 1.67. The fourth-order valence-electron chi connectivity index (χ4n) is 2.91. The molecule has 0 atom stereocenters. The van der Waals surface area contributed by atoms with Gasteiger partial charge >= 0.3 is 0 Å². The molecule has 104 valence electrons. The van der Waals surface area contributed by atoms with Crippen LogP contribution in [0, 0.1) is 0 Å². The Morgan fingerprint density at radius 2 is 2.11 bits per heavy atom. The lowest BCUT2D eigenvalue weighted by Crippen LogP contribution is -2.38. The normalized spacial score (nSPS) is 15.7. The highest BCUT2D eigenvalue weighted by atomic mass is 16.5. The lowest BCUT2D eigenvalue weighted by Gasteiger charge is -2.27. The van der Waals surface area contributed by atoms with Gasteiger partial charge in [0.2, 0.25) is 0 Å². The van der Waals surface area contributed by atoms with Gasteiger partial charge in [-0.15, -0.1) is 0 Å². The minimum Gasteiger partial charge on any atom is -0.380 e. The molecule has 1 fully saturated rings. The maximum atomic E-state index is 12.6. The van der Waals surface area contributed by atoms with Crippen LogP contribution in [0.25, 0.3) is 0 Å². The lowest BCUT2D eigenvalue weighted by atomic mass is 10.1. The van der Waals surface area contributed by atoms with Crippen LogP contribution in [0.15, 0.2) is 24.3 Å². The van der Waals surface area contributed by atoms with Crippen LogP contribution in [0.2, 0.25) is 0 Å². The number of rotatable bonds is 5. The SMILES string of the molecule is CCN(C(=O)c1cccc(COC)c1)C1CCCC1. The molecule has 3 nitrogen and oxygen atoms in total. The summed E-state index contributed by atoms with van der Waals surface area (Å²) in [6.45, 7) is 3.41. The molecule has 0 spiro atoms. The van der Waals surface area contributed by atoms with Crippen molar-refractivity contribution in [1.82, 2.24) is 4.90 Å². The number of carbonyl (C=O) groups excluding carboxylic acids is 1. The van der Waals surface area contributed by atoms with Crippen LogP contribution in [0.1, 0.15) is 48.5 Å². The van der Waals surface area contributed by atoms with Gasteiger partial charge in [-0.3, -0.25) is 4.79 Å². The molecule has 0 unspecified atom stereocenters. The molecule has 1 aromatic carbocycles. The monoisotopic (exact) mass is 261 g/mol. The summed E-state index contributed by atoms with van der Waals surface area (Å²) in [4.78, 5) is 14.6. The smallest absolute Gasteiger partial charge is 0.254 e. The predicted octanol–water partition coefficient (Wildman–Crippen LogP) is 3.24. The highest BCUT2D eigenvalue weighted by Gasteiger charge is 2.26. The molecule has 0 heterocycles. The Bertz CT molecular complexity index is 425. The molecule has 1 aliphatic rings. The van der Waals surface area contributed by atoms with Gasteiger partial charge in [-0.2, -0.15) is 0 Å². The molecule has 0 radical (unpaired) electrons. The largest absolute Gasteiger partial charge is 0.380 e. The Balaban J connectivity index is 2.14. The van der Waals surface area contributed by atoms with Gasteiger partial charge in [0.15, 0.2) is 0 Å². The van der Waals surface area contributed by atoms with Gasteiger partial charge in [0.25, 0.3) is 5.91 Å². The molecule has 2 rings (SSSR count). The third-order valence-electron chi connectivity index (χ3n) is 3.85. The minimum atomic E-state index is 0.160. The number of methoxy groups -OCH3 is 1. The Kier molecular flexibility index (Phi) is 4.97. The van der Waals surface area contributed by atoms with Crippen LogP contribution in [0.4, 0.5) is 0 Å². The molecule has 0 N–H and O–H groups in total. The maximum Gasteiger partial charge on any atom is 0.254 e. The molecule has 0 bridgehead atoms. The second-order valence-electron chi connectivity index (χ2n) is 5.16. The molecule has 0 aliphatic heterocycles. The Morgan fingerprint density at radius 3 is 2.74 bits per heavy atom. The summed E-state index contributed by atoms with van der Waals surface area (Å²) in [5, 5.41) is 0. The summed E-state index contributed by atoms with van der Waals surface area (Å²) in [6, 6.07) is 8.21. The topological polar surface area (TPSA) is 29.5 Å². The fraction of sp³-hybridized carbons (Fsp3) is 0.562. The first kappa shape index (κ1) is 14.1. The van der Waals surface area contributed by atoms with Crippen molar-refractivity contribution in [2.75, 3.05) is 13.7 Å². The summed E-state index contributed by atoms with van der Waals surface area (Å²) < 4.78 is 5.12. The van der Waals surface area contributed by atoms with Crippen molar-refractivity contribution in [3.05, 3.63) is 35.4 Å². The van der Waals surface area contributed by atoms with E-state index >= 15 is 0 Å². The molecular formula is C16H23NO2. The summed E-state index contributed by atoms with van der Waals surface area (Å²) in [5.74, 6) is 0.160. The van der Waals surface area contributed by atoms with E-state index in [1.54, 1.807) is 7.11 Å². The number of ether oxygens (including phenoxy) is 1. The summed E-state index contributed by atoms with van der Waals surface area (Å²) >= 11 is 0. The Labute approximate surface area is 115 Å². The van der Waals surface area contributed by atoms with E-state index in [0.717, 1.165) is 30.5 Å². The summed E-state index contributed by atoms with van der Waals surface area (Å²) in [5.41, 5.74) is 1.83. The van der Waals surface area contributed by atoms with Crippen LogP contribution in [-0.4, -0.2) is 30.5 Å². The van der Waals surface area contributed by atoms with Gasteiger partial charge in [-0.25, -0.2) is 0 Å². The van der Waals surface area contributed by atoms with Gasteiger partial charge in [-0.05, 0) is 37.5 Å². The van der Waals surface area contributed by atoms with Crippen molar-refractivity contribution in [3.8, 4) is 0 Å². The van der Waals surface area contributed by atoms with E-state index in [1.165, 1.54) is 12.8 Å². The van der Waals surface area contributed by atoms with E-state index in [-0.39, 0.29) is 5.91 Å². The van der Waals surface area contributed by atoms with E-state index in [9.17, 15) is 4.79 Å². The molecule has 1 saturated carbocycles. The van der Waals surface area contributed by atoms with E-state index in [0.29, 0.717) is 12.6 Å². The van der Waals surface area contributed by atoms with Crippen molar-refractivity contribution < 1.29 is 9.53 Å². The third kappa shape index (κ3) is 3.35. The predicted molar refractivity (Wildman–Crippen MR) is 76.1 cm³/mol. The molecule has 1 aliphatic carbocycles. The van der Waals surface area contributed by atoms with E-state index in [1.807, 2.05) is 29.2 Å². The average Bonchev–Trinajstić information content (AvgIpc) is 2.94. The second kappa shape index (κ2) is 6.71. The zero-order valence-corrected chi connectivity index (χ0v) is 11.9. The zero-order valence-electron chi connectivity index (χ0n) is 11.9. The highest BCUT2D eigenvalue weighted by Crippen LogP contribution is 2.24. The maximum absolute atomic E-state index is 12.6. The van der Waals surface area contributed by atoms with Crippen molar-refractivity contribution in [3.63, 3.8) is 0 Å². The molecule has 3 heteroatoms.